The van der Waals surface area contributed by atoms with Crippen LogP contribution >= 0.6 is 0 Å². The lowest BCUT2D eigenvalue weighted by Crippen LogP contribution is -2.11. The molecular formula is C16H26O4. The standard InChI is InChI=1S/C16H26O4/c1-5-17-15(18-6-2)13-9-11-14(12-10-13)16(19-7-3)20-8-4/h9-12,15-16H,5-8H2,1-4H3. The van der Waals surface area contributed by atoms with E-state index >= 15 is 0 Å². The van der Waals surface area contributed by atoms with Crippen LogP contribution in [0, 0.1) is 0 Å². The summed E-state index contributed by atoms with van der Waals surface area (Å²) < 4.78 is 22.3. The van der Waals surface area contributed by atoms with E-state index in [1.54, 1.807) is 0 Å². The predicted molar refractivity (Wildman–Crippen MR) is 78.4 cm³/mol. The van der Waals surface area contributed by atoms with Crippen LogP contribution in [0.3, 0.4) is 0 Å². The molecule has 0 aliphatic rings. The minimum atomic E-state index is -0.309. The summed E-state index contributed by atoms with van der Waals surface area (Å²) in [7, 11) is 0. The van der Waals surface area contributed by atoms with Gasteiger partial charge in [-0.25, -0.2) is 0 Å². The van der Waals surface area contributed by atoms with Crippen molar-refractivity contribution >= 4 is 0 Å². The van der Waals surface area contributed by atoms with Crippen LogP contribution in [-0.2, 0) is 18.9 Å². The van der Waals surface area contributed by atoms with Crippen molar-refractivity contribution in [2.45, 2.75) is 40.3 Å². The zero-order valence-electron chi connectivity index (χ0n) is 12.9. The summed E-state index contributed by atoms with van der Waals surface area (Å²) >= 11 is 0. The quantitative estimate of drug-likeness (QED) is 0.611. The number of hydrogen-bond acceptors (Lipinski definition) is 4. The fourth-order valence-electron chi connectivity index (χ4n) is 1.90. The third-order valence-corrected chi connectivity index (χ3v) is 2.75. The van der Waals surface area contributed by atoms with Crippen molar-refractivity contribution in [3.63, 3.8) is 0 Å². The molecule has 4 nitrogen and oxygen atoms in total. The van der Waals surface area contributed by atoms with Crippen LogP contribution in [0.5, 0.6) is 0 Å². The smallest absolute Gasteiger partial charge is 0.183 e. The topological polar surface area (TPSA) is 36.9 Å². The Hall–Kier alpha value is -0.940. The molecule has 0 unspecified atom stereocenters. The highest BCUT2D eigenvalue weighted by atomic mass is 16.7. The molecule has 0 spiro atoms. The van der Waals surface area contributed by atoms with Gasteiger partial charge >= 0.3 is 0 Å². The van der Waals surface area contributed by atoms with Crippen LogP contribution in [-0.4, -0.2) is 26.4 Å². The molecule has 0 radical (unpaired) electrons. The first-order valence-electron chi connectivity index (χ1n) is 7.32. The van der Waals surface area contributed by atoms with Crippen molar-refractivity contribution in [1.82, 2.24) is 0 Å². The highest BCUT2D eigenvalue weighted by Gasteiger charge is 2.14. The SMILES string of the molecule is CCOC(OCC)c1ccc(C(OCC)OCC)cc1. The second-order valence-corrected chi connectivity index (χ2v) is 4.15. The largest absolute Gasteiger partial charge is 0.349 e. The lowest BCUT2D eigenvalue weighted by molar-refractivity contribution is -0.142. The molecule has 0 amide bonds. The summed E-state index contributed by atoms with van der Waals surface area (Å²) in [6.07, 6.45) is -0.617. The van der Waals surface area contributed by atoms with E-state index in [0.29, 0.717) is 26.4 Å². The van der Waals surface area contributed by atoms with Crippen LogP contribution in [0.25, 0.3) is 0 Å². The maximum Gasteiger partial charge on any atom is 0.183 e. The summed E-state index contributed by atoms with van der Waals surface area (Å²) in [6.45, 7) is 10.3. The van der Waals surface area contributed by atoms with Crippen LogP contribution in [0.1, 0.15) is 51.4 Å². The van der Waals surface area contributed by atoms with Gasteiger partial charge in [0.05, 0.1) is 0 Å². The Kier molecular flexibility index (Phi) is 8.46. The number of hydrogen-bond donors (Lipinski definition) is 0. The highest BCUT2D eigenvalue weighted by Crippen LogP contribution is 2.24. The number of benzene rings is 1. The molecule has 0 aliphatic heterocycles. The molecule has 0 saturated carbocycles. The normalized spacial score (nSPS) is 11.5. The monoisotopic (exact) mass is 282 g/mol. The molecule has 0 atom stereocenters. The molecule has 0 N–H and O–H groups in total. The zero-order chi connectivity index (χ0) is 14.8. The second-order valence-electron chi connectivity index (χ2n) is 4.15. The van der Waals surface area contributed by atoms with Crippen molar-refractivity contribution in [3.8, 4) is 0 Å². The lowest BCUT2D eigenvalue weighted by Gasteiger charge is -2.20. The van der Waals surface area contributed by atoms with Crippen LogP contribution in [0.2, 0.25) is 0 Å². The average molecular weight is 282 g/mol. The zero-order valence-corrected chi connectivity index (χ0v) is 12.9. The van der Waals surface area contributed by atoms with E-state index in [0.717, 1.165) is 11.1 Å². The molecule has 0 saturated heterocycles. The van der Waals surface area contributed by atoms with Gasteiger partial charge in [0.25, 0.3) is 0 Å². The minimum absolute atomic E-state index is 0.309. The maximum atomic E-state index is 5.58. The van der Waals surface area contributed by atoms with E-state index in [-0.39, 0.29) is 12.6 Å². The summed E-state index contributed by atoms with van der Waals surface area (Å²) in [5.41, 5.74) is 2.01. The Balaban J connectivity index is 2.79. The van der Waals surface area contributed by atoms with Gasteiger partial charge in [-0.2, -0.15) is 0 Å². The van der Waals surface area contributed by atoms with E-state index < -0.39 is 0 Å². The molecule has 1 aromatic rings. The lowest BCUT2D eigenvalue weighted by atomic mass is 10.1. The van der Waals surface area contributed by atoms with Crippen molar-refractivity contribution in [1.29, 1.82) is 0 Å². The van der Waals surface area contributed by atoms with E-state index in [1.807, 2.05) is 52.0 Å². The molecule has 0 bridgehead atoms. The van der Waals surface area contributed by atoms with Gasteiger partial charge in [0, 0.05) is 37.6 Å². The molecule has 4 heteroatoms. The molecule has 0 heterocycles. The molecule has 114 valence electrons. The van der Waals surface area contributed by atoms with Crippen LogP contribution < -0.4 is 0 Å². The summed E-state index contributed by atoms with van der Waals surface area (Å²) in [5.74, 6) is 0. The minimum Gasteiger partial charge on any atom is -0.349 e. The fourth-order valence-corrected chi connectivity index (χ4v) is 1.90. The molecular weight excluding hydrogens is 256 g/mol. The first kappa shape index (κ1) is 17.1. The first-order valence-corrected chi connectivity index (χ1v) is 7.32. The third-order valence-electron chi connectivity index (χ3n) is 2.75. The molecule has 1 aromatic carbocycles. The molecule has 0 fully saturated rings. The summed E-state index contributed by atoms with van der Waals surface area (Å²) in [4.78, 5) is 0. The third kappa shape index (κ3) is 5.21. The van der Waals surface area contributed by atoms with Crippen molar-refractivity contribution < 1.29 is 18.9 Å². The second kappa shape index (κ2) is 9.88. The van der Waals surface area contributed by atoms with Gasteiger partial charge in [-0.05, 0) is 27.7 Å². The van der Waals surface area contributed by atoms with Crippen molar-refractivity contribution in [2.24, 2.45) is 0 Å². The summed E-state index contributed by atoms with van der Waals surface area (Å²) in [5, 5.41) is 0. The Labute approximate surface area is 122 Å². The Morgan fingerprint density at radius 3 is 1.05 bits per heavy atom. The van der Waals surface area contributed by atoms with Gasteiger partial charge in [0.2, 0.25) is 0 Å². The van der Waals surface area contributed by atoms with Gasteiger partial charge in [-0.1, -0.05) is 24.3 Å². The van der Waals surface area contributed by atoms with Gasteiger partial charge in [-0.3, -0.25) is 0 Å². The molecule has 1 rings (SSSR count). The van der Waals surface area contributed by atoms with Gasteiger partial charge in [-0.15, -0.1) is 0 Å². The highest BCUT2D eigenvalue weighted by molar-refractivity contribution is 5.24. The van der Waals surface area contributed by atoms with Gasteiger partial charge in [0.1, 0.15) is 0 Å². The van der Waals surface area contributed by atoms with Crippen molar-refractivity contribution in [2.75, 3.05) is 26.4 Å². The van der Waals surface area contributed by atoms with E-state index in [9.17, 15) is 0 Å². The van der Waals surface area contributed by atoms with E-state index in [1.165, 1.54) is 0 Å². The Bertz CT molecular complexity index is 303. The maximum absolute atomic E-state index is 5.58. The average Bonchev–Trinajstić information content (AvgIpc) is 2.47. The van der Waals surface area contributed by atoms with Gasteiger partial charge in [0.15, 0.2) is 12.6 Å². The Morgan fingerprint density at radius 1 is 0.600 bits per heavy atom. The number of rotatable bonds is 10. The van der Waals surface area contributed by atoms with Crippen LogP contribution in [0.4, 0.5) is 0 Å². The van der Waals surface area contributed by atoms with Crippen molar-refractivity contribution in [3.05, 3.63) is 35.4 Å². The number of ether oxygens (including phenoxy) is 4. The first-order chi connectivity index (χ1) is 9.76. The molecule has 0 aromatic heterocycles. The Morgan fingerprint density at radius 2 is 0.850 bits per heavy atom. The van der Waals surface area contributed by atoms with Gasteiger partial charge < -0.3 is 18.9 Å². The van der Waals surface area contributed by atoms with E-state index in [4.69, 9.17) is 18.9 Å². The molecule has 0 aliphatic carbocycles. The van der Waals surface area contributed by atoms with E-state index in [2.05, 4.69) is 0 Å². The fraction of sp³-hybridized carbons (Fsp3) is 0.625. The van der Waals surface area contributed by atoms with Crippen LogP contribution in [0.15, 0.2) is 24.3 Å². The predicted octanol–water partition coefficient (Wildman–Crippen LogP) is 3.83. The molecule has 20 heavy (non-hydrogen) atoms. The summed E-state index contributed by atoms with van der Waals surface area (Å²) in [6, 6.07) is 7.99.